The maximum atomic E-state index is 13.3. The molecule has 0 bridgehead atoms. The summed E-state index contributed by atoms with van der Waals surface area (Å²) >= 11 is 0. The van der Waals surface area contributed by atoms with Crippen molar-refractivity contribution in [2.75, 3.05) is 6.54 Å². The Balaban J connectivity index is 2.54. The molecule has 0 radical (unpaired) electrons. The zero-order valence-corrected chi connectivity index (χ0v) is 11.2. The van der Waals surface area contributed by atoms with Crippen LogP contribution in [0.1, 0.15) is 26.3 Å². The van der Waals surface area contributed by atoms with Gasteiger partial charge in [-0.2, -0.15) is 0 Å². The smallest absolute Gasteiger partial charge is 0.224 e. The third-order valence-electron chi connectivity index (χ3n) is 2.65. The lowest BCUT2D eigenvalue weighted by atomic mass is 9.91. The Morgan fingerprint density at radius 3 is 2.37 bits per heavy atom. The summed E-state index contributed by atoms with van der Waals surface area (Å²) in [5.41, 5.74) is -0.434. The molecule has 19 heavy (non-hydrogen) atoms. The molecular weight excluding hydrogens is 252 g/mol. The number of carbonyl (C=O) groups is 2. The van der Waals surface area contributed by atoms with Crippen LogP contribution in [0.3, 0.4) is 0 Å². The number of carbonyl (C=O) groups excluding carboxylic acids is 2. The summed E-state index contributed by atoms with van der Waals surface area (Å²) in [5.74, 6) is -2.04. The highest BCUT2D eigenvalue weighted by Gasteiger charge is 2.21. The van der Waals surface area contributed by atoms with Crippen LogP contribution in [0.5, 0.6) is 0 Å². The van der Waals surface area contributed by atoms with E-state index in [1.165, 1.54) is 6.07 Å². The molecule has 0 heterocycles. The topological polar surface area (TPSA) is 46.2 Å². The van der Waals surface area contributed by atoms with Gasteiger partial charge < -0.3 is 5.32 Å². The zero-order valence-electron chi connectivity index (χ0n) is 11.2. The normalized spacial score (nSPS) is 11.2. The van der Waals surface area contributed by atoms with E-state index in [0.29, 0.717) is 0 Å². The fourth-order valence-corrected chi connectivity index (χ4v) is 1.34. The third kappa shape index (κ3) is 4.77. The fourth-order valence-electron chi connectivity index (χ4n) is 1.34. The molecule has 1 amide bonds. The van der Waals surface area contributed by atoms with Crippen LogP contribution < -0.4 is 5.32 Å². The van der Waals surface area contributed by atoms with Crippen LogP contribution in [0.2, 0.25) is 0 Å². The second kappa shape index (κ2) is 5.91. The summed E-state index contributed by atoms with van der Waals surface area (Å²) in [4.78, 5) is 23.2. The van der Waals surface area contributed by atoms with Crippen molar-refractivity contribution in [2.45, 2.75) is 27.2 Å². The van der Waals surface area contributed by atoms with E-state index >= 15 is 0 Å². The number of hydrogen-bond donors (Lipinski definition) is 1. The van der Waals surface area contributed by atoms with Gasteiger partial charge in [-0.15, -0.1) is 0 Å². The summed E-state index contributed by atoms with van der Waals surface area (Å²) < 4.78 is 26.0. The first-order chi connectivity index (χ1) is 8.70. The maximum Gasteiger partial charge on any atom is 0.224 e. The molecule has 1 aromatic rings. The van der Waals surface area contributed by atoms with E-state index in [1.807, 2.05) is 0 Å². The molecule has 0 spiro atoms. The molecule has 0 aliphatic carbocycles. The van der Waals surface area contributed by atoms with Gasteiger partial charge in [0, 0.05) is 11.5 Å². The van der Waals surface area contributed by atoms with Gasteiger partial charge in [-0.25, -0.2) is 8.78 Å². The molecule has 0 saturated heterocycles. The Labute approximate surface area is 111 Å². The standard InChI is InChI=1S/C14H17F2NO2/c1-14(2,3)12(18)8-17-13(19)6-9-4-5-10(15)7-11(9)16/h4-5,7H,6,8H2,1-3H3,(H,17,19). The summed E-state index contributed by atoms with van der Waals surface area (Å²) in [7, 11) is 0. The summed E-state index contributed by atoms with van der Waals surface area (Å²) in [6.07, 6.45) is -0.219. The van der Waals surface area contributed by atoms with Crippen molar-refractivity contribution in [2.24, 2.45) is 5.41 Å². The van der Waals surface area contributed by atoms with E-state index in [9.17, 15) is 18.4 Å². The van der Waals surface area contributed by atoms with Crippen molar-refractivity contribution in [3.05, 3.63) is 35.4 Å². The van der Waals surface area contributed by atoms with Gasteiger partial charge in [0.2, 0.25) is 5.91 Å². The van der Waals surface area contributed by atoms with E-state index in [4.69, 9.17) is 0 Å². The molecule has 3 nitrogen and oxygen atoms in total. The van der Waals surface area contributed by atoms with Crippen LogP contribution in [-0.4, -0.2) is 18.2 Å². The SMILES string of the molecule is CC(C)(C)C(=O)CNC(=O)Cc1ccc(F)cc1F. The maximum absolute atomic E-state index is 13.3. The molecule has 0 atom stereocenters. The number of hydrogen-bond acceptors (Lipinski definition) is 2. The van der Waals surface area contributed by atoms with Gasteiger partial charge in [-0.05, 0) is 11.6 Å². The lowest BCUT2D eigenvalue weighted by Crippen LogP contribution is -2.36. The number of nitrogens with one attached hydrogen (secondary N) is 1. The lowest BCUT2D eigenvalue weighted by Gasteiger charge is -2.16. The van der Waals surface area contributed by atoms with Gasteiger partial charge in [0.15, 0.2) is 5.78 Å². The van der Waals surface area contributed by atoms with Crippen molar-refractivity contribution in [3.8, 4) is 0 Å². The highest BCUT2D eigenvalue weighted by Crippen LogP contribution is 2.14. The van der Waals surface area contributed by atoms with E-state index in [0.717, 1.165) is 12.1 Å². The monoisotopic (exact) mass is 269 g/mol. The quantitative estimate of drug-likeness (QED) is 0.911. The molecule has 0 fully saturated rings. The van der Waals surface area contributed by atoms with Gasteiger partial charge in [0.05, 0.1) is 13.0 Å². The first kappa shape index (κ1) is 15.3. The molecule has 5 heteroatoms. The summed E-state index contributed by atoms with van der Waals surface area (Å²) in [6, 6.07) is 3.03. The first-order valence-corrected chi connectivity index (χ1v) is 5.94. The number of Topliss-reactive ketones (excluding diaryl/α,β-unsaturated/α-hetero) is 1. The predicted octanol–water partition coefficient (Wildman–Crippen LogP) is 2.24. The fraction of sp³-hybridized carbons (Fsp3) is 0.429. The van der Waals surface area contributed by atoms with E-state index in [2.05, 4.69) is 5.32 Å². The average Bonchev–Trinajstić information content (AvgIpc) is 2.28. The Morgan fingerprint density at radius 2 is 1.84 bits per heavy atom. The molecule has 0 aliphatic rings. The first-order valence-electron chi connectivity index (χ1n) is 5.94. The number of amides is 1. The van der Waals surface area contributed by atoms with Gasteiger partial charge in [0.25, 0.3) is 0 Å². The Hall–Kier alpha value is -1.78. The molecule has 1 rings (SSSR count). The third-order valence-corrected chi connectivity index (χ3v) is 2.65. The molecular formula is C14H17F2NO2. The van der Waals surface area contributed by atoms with Crippen molar-refractivity contribution in [3.63, 3.8) is 0 Å². The molecule has 1 aromatic carbocycles. The largest absolute Gasteiger partial charge is 0.349 e. The van der Waals surface area contributed by atoms with Gasteiger partial charge in [0.1, 0.15) is 11.6 Å². The highest BCUT2D eigenvalue weighted by atomic mass is 19.1. The second-order valence-corrected chi connectivity index (χ2v) is 5.36. The van der Waals surface area contributed by atoms with E-state index in [1.54, 1.807) is 20.8 Å². The predicted molar refractivity (Wildman–Crippen MR) is 67.5 cm³/mol. The molecule has 104 valence electrons. The average molecular weight is 269 g/mol. The van der Waals surface area contributed by atoms with Crippen LogP contribution in [0.4, 0.5) is 8.78 Å². The van der Waals surface area contributed by atoms with Crippen LogP contribution in [-0.2, 0) is 16.0 Å². The summed E-state index contributed by atoms with van der Waals surface area (Å²) in [6.45, 7) is 5.16. The zero-order chi connectivity index (χ0) is 14.6. The molecule has 0 saturated carbocycles. The minimum atomic E-state index is -0.766. The lowest BCUT2D eigenvalue weighted by molar-refractivity contribution is -0.128. The van der Waals surface area contributed by atoms with Crippen LogP contribution >= 0.6 is 0 Å². The van der Waals surface area contributed by atoms with Crippen molar-refractivity contribution in [1.29, 1.82) is 0 Å². The number of halogens is 2. The van der Waals surface area contributed by atoms with Gasteiger partial charge in [-0.1, -0.05) is 26.8 Å². The van der Waals surface area contributed by atoms with Gasteiger partial charge in [-0.3, -0.25) is 9.59 Å². The Morgan fingerprint density at radius 1 is 1.21 bits per heavy atom. The number of ketones is 1. The highest BCUT2D eigenvalue weighted by molar-refractivity contribution is 5.89. The van der Waals surface area contributed by atoms with Gasteiger partial charge >= 0.3 is 0 Å². The van der Waals surface area contributed by atoms with Crippen molar-refractivity contribution < 1.29 is 18.4 Å². The van der Waals surface area contributed by atoms with E-state index in [-0.39, 0.29) is 24.3 Å². The Kier molecular flexibility index (Phi) is 4.75. The van der Waals surface area contributed by atoms with Crippen molar-refractivity contribution in [1.82, 2.24) is 5.32 Å². The number of benzene rings is 1. The molecule has 0 aliphatic heterocycles. The summed E-state index contributed by atoms with van der Waals surface area (Å²) in [5, 5.41) is 2.43. The molecule has 0 aromatic heterocycles. The minimum Gasteiger partial charge on any atom is -0.349 e. The second-order valence-electron chi connectivity index (χ2n) is 5.36. The van der Waals surface area contributed by atoms with Crippen LogP contribution in [0.15, 0.2) is 18.2 Å². The van der Waals surface area contributed by atoms with Crippen LogP contribution in [0.25, 0.3) is 0 Å². The number of rotatable bonds is 4. The van der Waals surface area contributed by atoms with Crippen molar-refractivity contribution >= 4 is 11.7 Å². The van der Waals surface area contributed by atoms with E-state index < -0.39 is 23.0 Å². The minimum absolute atomic E-state index is 0.0921. The molecule has 0 unspecified atom stereocenters. The molecule has 1 N–H and O–H groups in total. The Bertz CT molecular complexity index is 493. The van der Waals surface area contributed by atoms with Crippen LogP contribution in [0, 0.1) is 17.0 Å².